The normalized spacial score (nSPS) is 22.4. The third kappa shape index (κ3) is 3.71. The highest BCUT2D eigenvalue weighted by molar-refractivity contribution is 5.36. The lowest BCUT2D eigenvalue weighted by atomic mass is 9.88. The average Bonchev–Trinajstić information content (AvgIpc) is 2.41. The van der Waals surface area contributed by atoms with E-state index in [1.807, 2.05) is 25.9 Å². The molecule has 1 fully saturated rings. The van der Waals surface area contributed by atoms with Crippen molar-refractivity contribution in [2.24, 2.45) is 5.92 Å². The van der Waals surface area contributed by atoms with E-state index in [4.69, 9.17) is 4.74 Å². The number of rotatable bonds is 5. The Bertz CT molecular complexity index is 438. The summed E-state index contributed by atoms with van der Waals surface area (Å²) in [4.78, 5) is 14.9. The quantitative estimate of drug-likeness (QED) is 0.892. The van der Waals surface area contributed by atoms with Crippen molar-refractivity contribution in [2.75, 3.05) is 30.9 Å². The third-order valence-electron chi connectivity index (χ3n) is 3.63. The Morgan fingerprint density at radius 1 is 1.20 bits per heavy atom. The molecular formula is C14H25N5O. The van der Waals surface area contributed by atoms with Gasteiger partial charge in [0.25, 0.3) is 0 Å². The minimum atomic E-state index is 0.218. The molecule has 0 radical (unpaired) electrons. The van der Waals surface area contributed by atoms with Gasteiger partial charge in [-0.15, -0.1) is 0 Å². The minimum Gasteiger partial charge on any atom is -0.460 e. The SMILES string of the molecule is CCNc1nc(OC2CCCCC2C)nc(N(C)C)n1. The van der Waals surface area contributed by atoms with Gasteiger partial charge in [0.15, 0.2) is 0 Å². The highest BCUT2D eigenvalue weighted by atomic mass is 16.5. The van der Waals surface area contributed by atoms with Crippen LogP contribution in [-0.4, -0.2) is 41.7 Å². The zero-order valence-corrected chi connectivity index (χ0v) is 12.9. The predicted molar refractivity (Wildman–Crippen MR) is 80.4 cm³/mol. The van der Waals surface area contributed by atoms with Crippen molar-refractivity contribution < 1.29 is 4.74 Å². The second-order valence-corrected chi connectivity index (χ2v) is 5.58. The summed E-state index contributed by atoms with van der Waals surface area (Å²) in [7, 11) is 3.83. The molecule has 2 rings (SSSR count). The van der Waals surface area contributed by atoms with E-state index in [-0.39, 0.29) is 6.10 Å². The molecule has 2 unspecified atom stereocenters. The van der Waals surface area contributed by atoms with Gasteiger partial charge in [-0.2, -0.15) is 15.0 Å². The lowest BCUT2D eigenvalue weighted by Crippen LogP contribution is -2.29. The molecule has 1 N–H and O–H groups in total. The monoisotopic (exact) mass is 279 g/mol. The van der Waals surface area contributed by atoms with Gasteiger partial charge in [0, 0.05) is 20.6 Å². The molecule has 0 aliphatic heterocycles. The molecule has 0 saturated heterocycles. The lowest BCUT2D eigenvalue weighted by Gasteiger charge is -2.28. The Morgan fingerprint density at radius 3 is 2.60 bits per heavy atom. The van der Waals surface area contributed by atoms with Crippen molar-refractivity contribution in [3.8, 4) is 6.01 Å². The molecule has 0 aromatic carbocycles. The maximum Gasteiger partial charge on any atom is 0.323 e. The van der Waals surface area contributed by atoms with E-state index in [0.717, 1.165) is 13.0 Å². The summed E-state index contributed by atoms with van der Waals surface area (Å²) in [6.07, 6.45) is 5.04. The smallest absolute Gasteiger partial charge is 0.323 e. The second kappa shape index (κ2) is 6.72. The molecule has 0 bridgehead atoms. The Labute approximate surface area is 121 Å². The van der Waals surface area contributed by atoms with Crippen molar-refractivity contribution >= 4 is 11.9 Å². The van der Waals surface area contributed by atoms with Gasteiger partial charge in [-0.1, -0.05) is 13.3 Å². The van der Waals surface area contributed by atoms with Gasteiger partial charge < -0.3 is 15.0 Å². The molecular weight excluding hydrogens is 254 g/mol. The summed E-state index contributed by atoms with van der Waals surface area (Å²) in [5, 5.41) is 3.12. The minimum absolute atomic E-state index is 0.218. The zero-order chi connectivity index (χ0) is 14.5. The molecule has 6 nitrogen and oxygen atoms in total. The van der Waals surface area contributed by atoms with Crippen molar-refractivity contribution in [2.45, 2.75) is 45.6 Å². The van der Waals surface area contributed by atoms with Gasteiger partial charge in [-0.05, 0) is 32.1 Å². The summed E-state index contributed by atoms with van der Waals surface area (Å²) in [6, 6.07) is 0.429. The summed E-state index contributed by atoms with van der Waals surface area (Å²) in [5.41, 5.74) is 0. The number of hydrogen-bond donors (Lipinski definition) is 1. The molecule has 20 heavy (non-hydrogen) atoms. The van der Waals surface area contributed by atoms with E-state index < -0.39 is 0 Å². The van der Waals surface area contributed by atoms with Crippen molar-refractivity contribution in [3.05, 3.63) is 0 Å². The van der Waals surface area contributed by atoms with Crippen LogP contribution in [0, 0.1) is 5.92 Å². The average molecular weight is 279 g/mol. The van der Waals surface area contributed by atoms with Crippen molar-refractivity contribution in [1.82, 2.24) is 15.0 Å². The Kier molecular flexibility index (Phi) is 4.98. The number of ether oxygens (including phenoxy) is 1. The first-order chi connectivity index (χ1) is 9.60. The molecule has 2 atom stereocenters. The van der Waals surface area contributed by atoms with E-state index >= 15 is 0 Å². The molecule has 1 saturated carbocycles. The molecule has 1 aliphatic carbocycles. The first kappa shape index (κ1) is 14.8. The van der Waals surface area contributed by atoms with E-state index in [1.165, 1.54) is 19.3 Å². The number of nitrogens with one attached hydrogen (secondary N) is 1. The molecule has 1 heterocycles. The maximum atomic E-state index is 6.02. The van der Waals surface area contributed by atoms with E-state index in [2.05, 4.69) is 27.2 Å². The third-order valence-corrected chi connectivity index (χ3v) is 3.63. The van der Waals surface area contributed by atoms with E-state index in [0.29, 0.717) is 23.8 Å². The van der Waals surface area contributed by atoms with Crippen LogP contribution in [0.15, 0.2) is 0 Å². The van der Waals surface area contributed by atoms with E-state index in [1.54, 1.807) is 0 Å². The molecule has 1 aromatic heterocycles. The highest BCUT2D eigenvalue weighted by Crippen LogP contribution is 2.27. The second-order valence-electron chi connectivity index (χ2n) is 5.58. The molecule has 6 heteroatoms. The molecule has 1 aliphatic rings. The largest absolute Gasteiger partial charge is 0.460 e. The number of nitrogens with zero attached hydrogens (tertiary/aromatic N) is 4. The zero-order valence-electron chi connectivity index (χ0n) is 12.9. The fraction of sp³-hybridized carbons (Fsp3) is 0.786. The standard InChI is InChI=1S/C14H25N5O/c1-5-15-12-16-13(19(3)4)18-14(17-12)20-11-9-7-6-8-10(11)2/h10-11H,5-9H2,1-4H3,(H,15,16,17,18). The highest BCUT2D eigenvalue weighted by Gasteiger charge is 2.24. The van der Waals surface area contributed by atoms with E-state index in [9.17, 15) is 0 Å². The van der Waals surface area contributed by atoms with Crippen LogP contribution in [-0.2, 0) is 0 Å². The van der Waals surface area contributed by atoms with Crippen LogP contribution >= 0.6 is 0 Å². The first-order valence-corrected chi connectivity index (χ1v) is 7.44. The fourth-order valence-corrected chi connectivity index (χ4v) is 2.43. The number of anilines is 2. The molecule has 0 amide bonds. The van der Waals surface area contributed by atoms with Crippen LogP contribution in [0.1, 0.15) is 39.5 Å². The van der Waals surface area contributed by atoms with Crippen LogP contribution in [0.5, 0.6) is 6.01 Å². The van der Waals surface area contributed by atoms with Crippen LogP contribution in [0.4, 0.5) is 11.9 Å². The summed E-state index contributed by atoms with van der Waals surface area (Å²) in [6.45, 7) is 5.03. The van der Waals surface area contributed by atoms with Gasteiger partial charge in [0.05, 0.1) is 0 Å². The molecule has 112 valence electrons. The van der Waals surface area contributed by atoms with Gasteiger partial charge in [0.2, 0.25) is 11.9 Å². The topological polar surface area (TPSA) is 63.2 Å². The molecule has 0 spiro atoms. The van der Waals surface area contributed by atoms with Crippen LogP contribution in [0.3, 0.4) is 0 Å². The Balaban J connectivity index is 2.16. The van der Waals surface area contributed by atoms with Crippen LogP contribution in [0.2, 0.25) is 0 Å². The number of hydrogen-bond acceptors (Lipinski definition) is 6. The van der Waals surface area contributed by atoms with Crippen LogP contribution < -0.4 is 15.0 Å². The fourth-order valence-electron chi connectivity index (χ4n) is 2.43. The maximum absolute atomic E-state index is 6.02. The molecule has 1 aromatic rings. The Hall–Kier alpha value is -1.59. The van der Waals surface area contributed by atoms with Gasteiger partial charge >= 0.3 is 6.01 Å². The predicted octanol–water partition coefficient (Wildman–Crippen LogP) is 2.33. The van der Waals surface area contributed by atoms with Crippen molar-refractivity contribution in [3.63, 3.8) is 0 Å². The van der Waals surface area contributed by atoms with Gasteiger partial charge in [-0.3, -0.25) is 0 Å². The van der Waals surface area contributed by atoms with Gasteiger partial charge in [-0.25, -0.2) is 0 Å². The summed E-state index contributed by atoms with van der Waals surface area (Å²) < 4.78 is 6.02. The number of aromatic nitrogens is 3. The summed E-state index contributed by atoms with van der Waals surface area (Å²) >= 11 is 0. The van der Waals surface area contributed by atoms with Crippen LogP contribution in [0.25, 0.3) is 0 Å². The lowest BCUT2D eigenvalue weighted by molar-refractivity contribution is 0.0923. The van der Waals surface area contributed by atoms with Crippen molar-refractivity contribution in [1.29, 1.82) is 0 Å². The summed E-state index contributed by atoms with van der Waals surface area (Å²) in [5.74, 6) is 1.75. The first-order valence-electron chi connectivity index (χ1n) is 7.44. The Morgan fingerprint density at radius 2 is 1.95 bits per heavy atom. The van der Waals surface area contributed by atoms with Gasteiger partial charge in [0.1, 0.15) is 6.10 Å².